The smallest absolute Gasteiger partial charge is 0.142 e. The van der Waals surface area contributed by atoms with Gasteiger partial charge in [0.1, 0.15) is 11.5 Å². The average molecular weight is 282 g/mol. The van der Waals surface area contributed by atoms with Crippen LogP contribution in [0.25, 0.3) is 10.9 Å². The molecule has 108 valence electrons. The minimum Gasteiger partial charge on any atom is -0.497 e. The number of aromatic nitrogens is 1. The Balaban J connectivity index is 1.84. The van der Waals surface area contributed by atoms with Crippen molar-refractivity contribution < 1.29 is 9.47 Å². The fourth-order valence-electron chi connectivity index (χ4n) is 2.42. The Morgan fingerprint density at radius 2 is 1.90 bits per heavy atom. The number of aromatic amines is 1. The van der Waals surface area contributed by atoms with Gasteiger partial charge in [0.2, 0.25) is 0 Å². The van der Waals surface area contributed by atoms with Crippen LogP contribution >= 0.6 is 0 Å². The third-order valence-corrected chi connectivity index (χ3v) is 3.55. The molecule has 3 rings (SSSR count). The van der Waals surface area contributed by atoms with E-state index in [0.29, 0.717) is 6.54 Å². The quantitative estimate of drug-likeness (QED) is 0.748. The zero-order chi connectivity index (χ0) is 14.7. The number of anilines is 1. The van der Waals surface area contributed by atoms with E-state index in [1.165, 1.54) is 10.9 Å². The van der Waals surface area contributed by atoms with Crippen LogP contribution in [0.5, 0.6) is 11.5 Å². The van der Waals surface area contributed by atoms with Crippen LogP contribution < -0.4 is 14.8 Å². The second-order valence-electron chi connectivity index (χ2n) is 4.78. The molecule has 2 aromatic carbocycles. The molecule has 4 nitrogen and oxygen atoms in total. The molecular formula is C17H18N2O2. The SMILES string of the molecule is COc1ccc(OC)c(NCc2c[nH]c3ccccc23)c1. The number of benzene rings is 2. The van der Waals surface area contributed by atoms with Gasteiger partial charge in [0.05, 0.1) is 19.9 Å². The average Bonchev–Trinajstić information content (AvgIpc) is 2.96. The Morgan fingerprint density at radius 1 is 1.05 bits per heavy atom. The number of rotatable bonds is 5. The molecule has 0 fully saturated rings. The van der Waals surface area contributed by atoms with Crippen molar-refractivity contribution in [1.82, 2.24) is 4.98 Å². The van der Waals surface area contributed by atoms with Crippen molar-refractivity contribution in [3.05, 3.63) is 54.2 Å². The van der Waals surface area contributed by atoms with Crippen LogP contribution in [0.4, 0.5) is 5.69 Å². The van der Waals surface area contributed by atoms with Gasteiger partial charge < -0.3 is 19.8 Å². The molecule has 1 aromatic heterocycles. The number of nitrogens with one attached hydrogen (secondary N) is 2. The van der Waals surface area contributed by atoms with E-state index >= 15 is 0 Å². The summed E-state index contributed by atoms with van der Waals surface area (Å²) in [7, 11) is 3.32. The Kier molecular flexibility index (Phi) is 3.69. The Hall–Kier alpha value is -2.62. The third-order valence-electron chi connectivity index (χ3n) is 3.55. The lowest BCUT2D eigenvalue weighted by molar-refractivity contribution is 0.404. The molecular weight excluding hydrogens is 264 g/mol. The lowest BCUT2D eigenvalue weighted by atomic mass is 10.1. The highest BCUT2D eigenvalue weighted by atomic mass is 16.5. The second-order valence-corrected chi connectivity index (χ2v) is 4.78. The highest BCUT2D eigenvalue weighted by Gasteiger charge is 2.07. The van der Waals surface area contributed by atoms with Gasteiger partial charge in [-0.25, -0.2) is 0 Å². The molecule has 0 bridgehead atoms. The van der Waals surface area contributed by atoms with Crippen molar-refractivity contribution in [2.75, 3.05) is 19.5 Å². The second kappa shape index (κ2) is 5.79. The van der Waals surface area contributed by atoms with Crippen molar-refractivity contribution >= 4 is 16.6 Å². The monoisotopic (exact) mass is 282 g/mol. The summed E-state index contributed by atoms with van der Waals surface area (Å²) in [4.78, 5) is 3.28. The van der Waals surface area contributed by atoms with E-state index in [4.69, 9.17) is 9.47 Å². The minimum atomic E-state index is 0.716. The Morgan fingerprint density at radius 3 is 2.71 bits per heavy atom. The van der Waals surface area contributed by atoms with Gasteiger partial charge in [0, 0.05) is 29.7 Å². The summed E-state index contributed by atoms with van der Waals surface area (Å²) in [5, 5.41) is 4.64. The Labute approximate surface area is 123 Å². The number of fused-ring (bicyclic) bond motifs is 1. The molecule has 0 spiro atoms. The molecule has 0 unspecified atom stereocenters. The van der Waals surface area contributed by atoms with Crippen LogP contribution in [0.15, 0.2) is 48.7 Å². The van der Waals surface area contributed by atoms with Crippen LogP contribution in [0, 0.1) is 0 Å². The molecule has 0 saturated carbocycles. The number of para-hydroxylation sites is 1. The standard InChI is InChI=1S/C17H18N2O2/c1-20-13-7-8-17(21-2)16(9-13)19-11-12-10-18-15-6-4-3-5-14(12)15/h3-10,18-19H,11H2,1-2H3. The molecule has 0 aliphatic heterocycles. The number of hydrogen-bond acceptors (Lipinski definition) is 3. The van der Waals surface area contributed by atoms with E-state index < -0.39 is 0 Å². The molecule has 1 heterocycles. The number of methoxy groups -OCH3 is 2. The van der Waals surface area contributed by atoms with E-state index in [9.17, 15) is 0 Å². The number of ether oxygens (including phenoxy) is 2. The molecule has 0 radical (unpaired) electrons. The van der Waals surface area contributed by atoms with Crippen molar-refractivity contribution in [2.45, 2.75) is 6.54 Å². The molecule has 0 saturated heterocycles. The summed E-state index contributed by atoms with van der Waals surface area (Å²) in [5.41, 5.74) is 3.28. The molecule has 0 amide bonds. The van der Waals surface area contributed by atoms with Gasteiger partial charge in [-0.3, -0.25) is 0 Å². The fraction of sp³-hybridized carbons (Fsp3) is 0.176. The fourth-order valence-corrected chi connectivity index (χ4v) is 2.42. The van der Waals surface area contributed by atoms with Gasteiger partial charge in [-0.2, -0.15) is 0 Å². The first kappa shape index (κ1) is 13.4. The Bertz CT molecular complexity index is 749. The van der Waals surface area contributed by atoms with Crippen LogP contribution in [-0.2, 0) is 6.54 Å². The minimum absolute atomic E-state index is 0.716. The predicted molar refractivity (Wildman–Crippen MR) is 85.2 cm³/mol. The van der Waals surface area contributed by atoms with E-state index in [0.717, 1.165) is 22.7 Å². The maximum atomic E-state index is 5.38. The third kappa shape index (κ3) is 2.65. The van der Waals surface area contributed by atoms with Crippen LogP contribution in [0.1, 0.15) is 5.56 Å². The summed E-state index contributed by atoms with van der Waals surface area (Å²) in [5.74, 6) is 1.60. The first-order valence-corrected chi connectivity index (χ1v) is 6.82. The molecule has 0 aliphatic carbocycles. The van der Waals surface area contributed by atoms with Crippen LogP contribution in [0.3, 0.4) is 0 Å². The van der Waals surface area contributed by atoms with E-state index in [-0.39, 0.29) is 0 Å². The number of hydrogen-bond donors (Lipinski definition) is 2. The summed E-state index contributed by atoms with van der Waals surface area (Å²) in [6.45, 7) is 0.716. The summed E-state index contributed by atoms with van der Waals surface area (Å²) in [6, 6.07) is 14.0. The van der Waals surface area contributed by atoms with Gasteiger partial charge in [-0.1, -0.05) is 18.2 Å². The molecule has 3 aromatic rings. The van der Waals surface area contributed by atoms with Gasteiger partial charge in [-0.05, 0) is 23.8 Å². The first-order valence-electron chi connectivity index (χ1n) is 6.82. The van der Waals surface area contributed by atoms with Gasteiger partial charge in [0.25, 0.3) is 0 Å². The number of H-pyrrole nitrogens is 1. The molecule has 2 N–H and O–H groups in total. The highest BCUT2D eigenvalue weighted by molar-refractivity contribution is 5.83. The highest BCUT2D eigenvalue weighted by Crippen LogP contribution is 2.29. The van der Waals surface area contributed by atoms with Gasteiger partial charge in [0.15, 0.2) is 0 Å². The van der Waals surface area contributed by atoms with Crippen molar-refractivity contribution in [3.8, 4) is 11.5 Å². The van der Waals surface area contributed by atoms with Crippen LogP contribution in [-0.4, -0.2) is 19.2 Å². The van der Waals surface area contributed by atoms with Crippen molar-refractivity contribution in [1.29, 1.82) is 0 Å². The first-order chi connectivity index (χ1) is 10.3. The molecule has 0 aliphatic rings. The molecule has 4 heteroatoms. The lowest BCUT2D eigenvalue weighted by Crippen LogP contribution is -2.01. The van der Waals surface area contributed by atoms with E-state index in [1.54, 1.807) is 14.2 Å². The summed E-state index contributed by atoms with van der Waals surface area (Å²) < 4.78 is 10.6. The van der Waals surface area contributed by atoms with E-state index in [1.807, 2.05) is 36.5 Å². The zero-order valence-corrected chi connectivity index (χ0v) is 12.1. The predicted octanol–water partition coefficient (Wildman–Crippen LogP) is 3.80. The lowest BCUT2D eigenvalue weighted by Gasteiger charge is -2.12. The van der Waals surface area contributed by atoms with Gasteiger partial charge in [-0.15, -0.1) is 0 Å². The zero-order valence-electron chi connectivity index (χ0n) is 12.1. The topological polar surface area (TPSA) is 46.3 Å². The largest absolute Gasteiger partial charge is 0.497 e. The summed E-state index contributed by atoms with van der Waals surface area (Å²) in [6.07, 6.45) is 2.03. The van der Waals surface area contributed by atoms with E-state index in [2.05, 4.69) is 22.4 Å². The molecule has 21 heavy (non-hydrogen) atoms. The summed E-state index contributed by atoms with van der Waals surface area (Å²) >= 11 is 0. The van der Waals surface area contributed by atoms with Crippen molar-refractivity contribution in [2.24, 2.45) is 0 Å². The van der Waals surface area contributed by atoms with Crippen molar-refractivity contribution in [3.63, 3.8) is 0 Å². The van der Waals surface area contributed by atoms with Crippen LogP contribution in [0.2, 0.25) is 0 Å². The maximum Gasteiger partial charge on any atom is 0.142 e. The maximum absolute atomic E-state index is 5.38. The molecule has 0 atom stereocenters. The van der Waals surface area contributed by atoms with Gasteiger partial charge >= 0.3 is 0 Å². The normalized spacial score (nSPS) is 10.6.